The third-order valence-electron chi connectivity index (χ3n) is 3.47. The lowest BCUT2D eigenvalue weighted by atomic mass is 9.77. The average Bonchev–Trinajstić information content (AvgIpc) is 2.41. The summed E-state index contributed by atoms with van der Waals surface area (Å²) >= 11 is 0. The summed E-state index contributed by atoms with van der Waals surface area (Å²) < 4.78 is 5.13. The Morgan fingerprint density at radius 2 is 2.11 bits per heavy atom. The van der Waals surface area contributed by atoms with Crippen LogP contribution in [0.25, 0.3) is 0 Å². The van der Waals surface area contributed by atoms with Crippen LogP contribution in [-0.2, 0) is 11.2 Å². The van der Waals surface area contributed by atoms with E-state index in [2.05, 4.69) is 5.32 Å². The van der Waals surface area contributed by atoms with Crippen molar-refractivity contribution in [3.63, 3.8) is 0 Å². The molecule has 1 aromatic carbocycles. The van der Waals surface area contributed by atoms with E-state index in [0.29, 0.717) is 0 Å². The van der Waals surface area contributed by atoms with Crippen molar-refractivity contribution >= 4 is 18.7 Å². The van der Waals surface area contributed by atoms with Crippen LogP contribution in [-0.4, -0.2) is 26.5 Å². The average molecular weight is 270 g/mol. The van der Waals surface area contributed by atoms with Gasteiger partial charge in [-0.05, 0) is 43.5 Å². The van der Waals surface area contributed by atoms with Gasteiger partial charge in [0.25, 0.3) is 0 Å². The molecule has 0 spiro atoms. The number of piperidine rings is 1. The predicted octanol–water partition coefficient (Wildman–Crippen LogP) is 2.23. The molecule has 4 heteroatoms. The molecule has 0 saturated carbocycles. The summed E-state index contributed by atoms with van der Waals surface area (Å²) in [4.78, 5) is 11.3. The topological polar surface area (TPSA) is 38.3 Å². The van der Waals surface area contributed by atoms with E-state index in [1.54, 1.807) is 7.11 Å². The molecule has 1 aliphatic heterocycles. The molecule has 100 valence electrons. The zero-order chi connectivity index (χ0) is 12.1. The summed E-state index contributed by atoms with van der Waals surface area (Å²) in [5.74, 6) is 0.857. The van der Waals surface area contributed by atoms with E-state index < -0.39 is 0 Å². The molecule has 0 aliphatic carbocycles. The molecule has 0 radical (unpaired) electrons. The fourth-order valence-electron chi connectivity index (χ4n) is 2.43. The molecule has 0 bridgehead atoms. The number of nitrogens with one attached hydrogen (secondary N) is 1. The van der Waals surface area contributed by atoms with Crippen LogP contribution < -0.4 is 10.1 Å². The molecule has 0 aromatic heterocycles. The van der Waals surface area contributed by atoms with Crippen molar-refractivity contribution in [2.75, 3.05) is 20.2 Å². The normalized spacial score (nSPS) is 22.9. The zero-order valence-electron chi connectivity index (χ0n) is 10.6. The maximum Gasteiger partial charge on any atom is 0.127 e. The molecule has 1 saturated heterocycles. The van der Waals surface area contributed by atoms with Crippen molar-refractivity contribution in [2.45, 2.75) is 19.3 Å². The third-order valence-corrected chi connectivity index (χ3v) is 3.47. The van der Waals surface area contributed by atoms with Crippen LogP contribution >= 0.6 is 12.4 Å². The molecular formula is C14H20ClNO2. The van der Waals surface area contributed by atoms with Gasteiger partial charge in [-0.15, -0.1) is 12.4 Å². The van der Waals surface area contributed by atoms with E-state index >= 15 is 0 Å². The first kappa shape index (κ1) is 15.0. The number of carbonyl (C=O) groups is 1. The smallest absolute Gasteiger partial charge is 0.127 e. The summed E-state index contributed by atoms with van der Waals surface area (Å²) in [5.41, 5.74) is 0.980. The second-order valence-electron chi connectivity index (χ2n) is 4.79. The van der Waals surface area contributed by atoms with E-state index in [1.165, 1.54) is 5.56 Å². The van der Waals surface area contributed by atoms with Crippen molar-refractivity contribution in [3.8, 4) is 5.75 Å². The number of benzene rings is 1. The lowest BCUT2D eigenvalue weighted by molar-refractivity contribution is -0.117. The molecule has 1 fully saturated rings. The van der Waals surface area contributed by atoms with Crippen molar-refractivity contribution in [1.82, 2.24) is 5.32 Å². The highest BCUT2D eigenvalue weighted by atomic mass is 35.5. The van der Waals surface area contributed by atoms with Crippen LogP contribution in [0, 0.1) is 5.41 Å². The highest BCUT2D eigenvalue weighted by molar-refractivity contribution is 5.85. The molecule has 1 heterocycles. The Morgan fingerprint density at radius 1 is 1.39 bits per heavy atom. The van der Waals surface area contributed by atoms with Crippen LogP contribution in [0.4, 0.5) is 0 Å². The molecule has 3 nitrogen and oxygen atoms in total. The van der Waals surface area contributed by atoms with Gasteiger partial charge in [-0.25, -0.2) is 0 Å². The van der Waals surface area contributed by atoms with Crippen LogP contribution in [0.1, 0.15) is 18.4 Å². The largest absolute Gasteiger partial charge is 0.497 e. The summed E-state index contributed by atoms with van der Waals surface area (Å²) in [6.45, 7) is 1.82. The molecule has 18 heavy (non-hydrogen) atoms. The van der Waals surface area contributed by atoms with Crippen LogP contribution in [0.3, 0.4) is 0 Å². The molecule has 1 aliphatic rings. The quantitative estimate of drug-likeness (QED) is 0.852. The minimum Gasteiger partial charge on any atom is -0.497 e. The Bertz CT molecular complexity index is 372. The van der Waals surface area contributed by atoms with Gasteiger partial charge in [0.2, 0.25) is 0 Å². The van der Waals surface area contributed by atoms with E-state index in [4.69, 9.17) is 4.74 Å². The zero-order valence-corrected chi connectivity index (χ0v) is 11.5. The summed E-state index contributed by atoms with van der Waals surface area (Å²) in [6, 6.07) is 7.98. The van der Waals surface area contributed by atoms with Crippen LogP contribution in [0.15, 0.2) is 24.3 Å². The van der Waals surface area contributed by atoms with Gasteiger partial charge < -0.3 is 14.8 Å². The Kier molecular flexibility index (Phi) is 5.63. The van der Waals surface area contributed by atoms with E-state index in [1.807, 2.05) is 24.3 Å². The van der Waals surface area contributed by atoms with E-state index in [9.17, 15) is 4.79 Å². The Balaban J connectivity index is 0.00000162. The lowest BCUT2D eigenvalue weighted by Gasteiger charge is -2.32. The third kappa shape index (κ3) is 3.47. The second kappa shape index (κ2) is 6.76. The monoisotopic (exact) mass is 269 g/mol. The van der Waals surface area contributed by atoms with Crippen molar-refractivity contribution in [1.29, 1.82) is 0 Å². The van der Waals surface area contributed by atoms with Gasteiger partial charge in [-0.1, -0.05) is 12.1 Å². The Hall–Kier alpha value is -1.06. The number of aldehydes is 1. The van der Waals surface area contributed by atoms with Crippen molar-refractivity contribution in [2.24, 2.45) is 5.41 Å². The first-order chi connectivity index (χ1) is 8.28. The van der Waals surface area contributed by atoms with Crippen molar-refractivity contribution < 1.29 is 9.53 Å². The molecule has 1 aromatic rings. The maximum absolute atomic E-state index is 11.3. The van der Waals surface area contributed by atoms with Crippen molar-refractivity contribution in [3.05, 3.63) is 29.8 Å². The van der Waals surface area contributed by atoms with Gasteiger partial charge in [0, 0.05) is 12.0 Å². The van der Waals surface area contributed by atoms with Gasteiger partial charge in [0.05, 0.1) is 7.11 Å². The van der Waals surface area contributed by atoms with Crippen LogP contribution in [0.2, 0.25) is 0 Å². The highest BCUT2D eigenvalue weighted by Gasteiger charge is 2.31. The first-order valence-electron chi connectivity index (χ1n) is 6.08. The second-order valence-corrected chi connectivity index (χ2v) is 4.79. The van der Waals surface area contributed by atoms with Gasteiger partial charge in [-0.2, -0.15) is 0 Å². The van der Waals surface area contributed by atoms with Gasteiger partial charge in [0.1, 0.15) is 12.0 Å². The number of ether oxygens (including phenoxy) is 1. The van der Waals surface area contributed by atoms with Crippen LogP contribution in [0.5, 0.6) is 5.75 Å². The predicted molar refractivity (Wildman–Crippen MR) is 74.5 cm³/mol. The Labute approximate surface area is 114 Å². The summed E-state index contributed by atoms with van der Waals surface area (Å²) in [6.07, 6.45) is 4.00. The van der Waals surface area contributed by atoms with E-state index in [0.717, 1.165) is 44.4 Å². The molecule has 1 unspecified atom stereocenters. The van der Waals surface area contributed by atoms with Gasteiger partial charge in [-0.3, -0.25) is 0 Å². The molecule has 0 amide bonds. The Morgan fingerprint density at radius 3 is 2.61 bits per heavy atom. The first-order valence-corrected chi connectivity index (χ1v) is 6.08. The minimum atomic E-state index is -0.215. The number of methoxy groups -OCH3 is 1. The summed E-state index contributed by atoms with van der Waals surface area (Å²) in [5, 5.41) is 3.31. The highest BCUT2D eigenvalue weighted by Crippen LogP contribution is 2.28. The molecule has 1 atom stereocenters. The fraction of sp³-hybridized carbons (Fsp3) is 0.500. The number of hydrogen-bond donors (Lipinski definition) is 1. The molecular weight excluding hydrogens is 250 g/mol. The number of hydrogen-bond acceptors (Lipinski definition) is 3. The standard InChI is InChI=1S/C14H19NO2.ClH/c1-17-13-5-3-12(4-6-13)9-14(11-16)7-2-8-15-10-14;/h3-6,11,15H,2,7-10H2,1H3;1H. The van der Waals surface area contributed by atoms with Gasteiger partial charge in [0.15, 0.2) is 0 Å². The number of carbonyl (C=O) groups excluding carboxylic acids is 1. The molecule has 2 rings (SSSR count). The summed E-state index contributed by atoms with van der Waals surface area (Å²) in [7, 11) is 1.66. The van der Waals surface area contributed by atoms with E-state index in [-0.39, 0.29) is 17.8 Å². The molecule has 1 N–H and O–H groups in total. The minimum absolute atomic E-state index is 0. The lowest BCUT2D eigenvalue weighted by Crippen LogP contribution is -2.42. The number of halogens is 1. The number of rotatable bonds is 4. The maximum atomic E-state index is 11.3. The SMILES string of the molecule is COc1ccc(CC2(C=O)CCCNC2)cc1.Cl. The van der Waals surface area contributed by atoms with Gasteiger partial charge >= 0.3 is 0 Å². The fourth-order valence-corrected chi connectivity index (χ4v) is 2.43.